The van der Waals surface area contributed by atoms with Crippen LogP contribution in [-0.2, 0) is 6.54 Å². The minimum absolute atomic E-state index is 0.681. The van der Waals surface area contributed by atoms with E-state index >= 15 is 0 Å². The van der Waals surface area contributed by atoms with Crippen molar-refractivity contribution < 1.29 is 9.15 Å². The molecule has 0 bridgehead atoms. The van der Waals surface area contributed by atoms with Crippen LogP contribution in [0.2, 0.25) is 0 Å². The molecule has 1 N–H and O–H groups in total. The molecule has 0 unspecified atom stereocenters. The first-order valence-corrected chi connectivity index (χ1v) is 8.28. The van der Waals surface area contributed by atoms with Gasteiger partial charge in [-0.25, -0.2) is 0 Å². The first-order chi connectivity index (χ1) is 11.9. The summed E-state index contributed by atoms with van der Waals surface area (Å²) in [7, 11) is 0. The fraction of sp³-hybridized carbons (Fsp3) is 0.143. The molecule has 0 saturated heterocycles. The topological polar surface area (TPSA) is 34.4 Å². The fourth-order valence-electron chi connectivity index (χ4n) is 3.51. The predicted molar refractivity (Wildman–Crippen MR) is 96.4 cm³/mol. The van der Waals surface area contributed by atoms with Crippen molar-refractivity contribution in [1.29, 1.82) is 0 Å². The van der Waals surface area contributed by atoms with Gasteiger partial charge in [0, 0.05) is 40.6 Å². The van der Waals surface area contributed by atoms with E-state index in [-0.39, 0.29) is 0 Å². The molecular formula is C21H17NO2. The molecule has 0 fully saturated rings. The number of hydrogen-bond acceptors (Lipinski definition) is 3. The SMILES string of the molecule is c1cc2c(c(-c3cccc4c3oc3ccccc34)c1)OCCNC2. The normalized spacial score (nSPS) is 14.3. The highest BCUT2D eigenvalue weighted by molar-refractivity contribution is 6.09. The van der Waals surface area contributed by atoms with E-state index in [1.165, 1.54) is 5.56 Å². The van der Waals surface area contributed by atoms with Crippen LogP contribution in [0, 0.1) is 0 Å². The maximum Gasteiger partial charge on any atom is 0.143 e. The summed E-state index contributed by atoms with van der Waals surface area (Å²) in [5.74, 6) is 0.968. The minimum atomic E-state index is 0.681. The second kappa shape index (κ2) is 5.39. The van der Waals surface area contributed by atoms with E-state index in [4.69, 9.17) is 9.15 Å². The van der Waals surface area contributed by atoms with Gasteiger partial charge in [-0.05, 0) is 6.07 Å². The summed E-state index contributed by atoms with van der Waals surface area (Å²) in [6.07, 6.45) is 0. The summed E-state index contributed by atoms with van der Waals surface area (Å²) < 4.78 is 12.2. The van der Waals surface area contributed by atoms with Crippen molar-refractivity contribution in [2.24, 2.45) is 0 Å². The van der Waals surface area contributed by atoms with Gasteiger partial charge >= 0.3 is 0 Å². The molecule has 0 spiro atoms. The standard InChI is InChI=1S/C21H17NO2/c1-2-10-19-15(6-1)16-8-4-9-18(21(16)24-19)17-7-3-5-14-13-22-11-12-23-20(14)17/h1-10,22H,11-13H2. The third kappa shape index (κ3) is 2.02. The van der Waals surface area contributed by atoms with E-state index in [9.17, 15) is 0 Å². The highest BCUT2D eigenvalue weighted by Gasteiger charge is 2.18. The first kappa shape index (κ1) is 13.6. The van der Waals surface area contributed by atoms with Gasteiger partial charge in [0.15, 0.2) is 0 Å². The Morgan fingerprint density at radius 1 is 0.792 bits per heavy atom. The minimum Gasteiger partial charge on any atom is -0.491 e. The summed E-state index contributed by atoms with van der Waals surface area (Å²) in [5.41, 5.74) is 5.22. The van der Waals surface area contributed by atoms with Crippen LogP contribution >= 0.6 is 0 Å². The van der Waals surface area contributed by atoms with Crippen molar-refractivity contribution >= 4 is 21.9 Å². The Hall–Kier alpha value is -2.78. The van der Waals surface area contributed by atoms with Crippen LogP contribution in [0.5, 0.6) is 5.75 Å². The number of benzene rings is 3. The van der Waals surface area contributed by atoms with Crippen molar-refractivity contribution in [3.63, 3.8) is 0 Å². The Labute approximate surface area is 139 Å². The molecule has 0 amide bonds. The van der Waals surface area contributed by atoms with Crippen LogP contribution in [0.15, 0.2) is 65.1 Å². The van der Waals surface area contributed by atoms with E-state index in [0.29, 0.717) is 6.61 Å². The van der Waals surface area contributed by atoms with Gasteiger partial charge < -0.3 is 14.5 Å². The zero-order chi connectivity index (χ0) is 15.9. The molecule has 3 heteroatoms. The molecule has 0 atom stereocenters. The van der Waals surface area contributed by atoms with Gasteiger partial charge in [0.1, 0.15) is 23.5 Å². The Balaban J connectivity index is 1.81. The summed E-state index contributed by atoms with van der Waals surface area (Å²) in [4.78, 5) is 0. The van der Waals surface area contributed by atoms with Gasteiger partial charge in [-0.3, -0.25) is 0 Å². The first-order valence-electron chi connectivity index (χ1n) is 8.28. The third-order valence-electron chi connectivity index (χ3n) is 4.63. The molecule has 4 aromatic rings. The molecule has 0 aliphatic carbocycles. The number of rotatable bonds is 1. The van der Waals surface area contributed by atoms with Gasteiger partial charge in [0.25, 0.3) is 0 Å². The lowest BCUT2D eigenvalue weighted by atomic mass is 9.99. The average molecular weight is 315 g/mol. The smallest absolute Gasteiger partial charge is 0.143 e. The van der Waals surface area contributed by atoms with Gasteiger partial charge in [-0.15, -0.1) is 0 Å². The zero-order valence-electron chi connectivity index (χ0n) is 13.2. The largest absolute Gasteiger partial charge is 0.491 e. The molecule has 3 aromatic carbocycles. The maximum absolute atomic E-state index is 6.19. The van der Waals surface area contributed by atoms with Gasteiger partial charge in [0.05, 0.1) is 0 Å². The molecule has 3 nitrogen and oxygen atoms in total. The number of para-hydroxylation sites is 3. The van der Waals surface area contributed by atoms with Crippen LogP contribution in [0.1, 0.15) is 5.56 Å². The predicted octanol–water partition coefficient (Wildman–Crippen LogP) is 4.74. The lowest BCUT2D eigenvalue weighted by Crippen LogP contribution is -2.16. The van der Waals surface area contributed by atoms with Crippen LogP contribution < -0.4 is 10.1 Å². The number of hydrogen-bond donors (Lipinski definition) is 1. The van der Waals surface area contributed by atoms with E-state index in [2.05, 4.69) is 47.8 Å². The number of ether oxygens (including phenoxy) is 1. The second-order valence-corrected chi connectivity index (χ2v) is 6.10. The molecule has 118 valence electrons. The van der Waals surface area contributed by atoms with Gasteiger partial charge in [-0.1, -0.05) is 54.6 Å². The van der Waals surface area contributed by atoms with Crippen molar-refractivity contribution in [1.82, 2.24) is 5.32 Å². The summed E-state index contributed by atoms with van der Waals surface area (Å²) >= 11 is 0. The molecule has 1 aliphatic rings. The molecule has 24 heavy (non-hydrogen) atoms. The lowest BCUT2D eigenvalue weighted by molar-refractivity contribution is 0.327. The zero-order valence-corrected chi connectivity index (χ0v) is 13.2. The molecule has 0 saturated carbocycles. The average Bonchev–Trinajstić information content (AvgIpc) is 2.83. The molecule has 1 aliphatic heterocycles. The number of nitrogens with one attached hydrogen (secondary N) is 1. The molecular weight excluding hydrogens is 298 g/mol. The Morgan fingerprint density at radius 3 is 2.62 bits per heavy atom. The highest BCUT2D eigenvalue weighted by atomic mass is 16.5. The van der Waals surface area contributed by atoms with E-state index in [1.54, 1.807) is 0 Å². The third-order valence-corrected chi connectivity index (χ3v) is 4.63. The summed E-state index contributed by atoms with van der Waals surface area (Å²) in [6, 6.07) is 20.8. The quantitative estimate of drug-likeness (QED) is 0.551. The van der Waals surface area contributed by atoms with Crippen LogP contribution in [0.25, 0.3) is 33.1 Å². The van der Waals surface area contributed by atoms with Crippen LogP contribution in [0.4, 0.5) is 0 Å². The van der Waals surface area contributed by atoms with Crippen molar-refractivity contribution in [3.8, 4) is 16.9 Å². The second-order valence-electron chi connectivity index (χ2n) is 6.10. The molecule has 5 rings (SSSR count). The van der Waals surface area contributed by atoms with Gasteiger partial charge in [0.2, 0.25) is 0 Å². The molecule has 1 aromatic heterocycles. The maximum atomic E-state index is 6.19. The Morgan fingerprint density at radius 2 is 1.62 bits per heavy atom. The van der Waals surface area contributed by atoms with Crippen molar-refractivity contribution in [2.75, 3.05) is 13.2 Å². The number of furan rings is 1. The monoisotopic (exact) mass is 315 g/mol. The van der Waals surface area contributed by atoms with E-state index in [0.717, 1.165) is 51.9 Å². The fourth-order valence-corrected chi connectivity index (χ4v) is 3.51. The molecule has 2 heterocycles. The van der Waals surface area contributed by atoms with Crippen LogP contribution in [-0.4, -0.2) is 13.2 Å². The molecule has 0 radical (unpaired) electrons. The van der Waals surface area contributed by atoms with E-state index < -0.39 is 0 Å². The number of fused-ring (bicyclic) bond motifs is 4. The summed E-state index contributed by atoms with van der Waals surface area (Å²) in [6.45, 7) is 2.38. The van der Waals surface area contributed by atoms with Crippen molar-refractivity contribution in [3.05, 3.63) is 66.2 Å². The van der Waals surface area contributed by atoms with Crippen molar-refractivity contribution in [2.45, 2.75) is 6.54 Å². The lowest BCUT2D eigenvalue weighted by Gasteiger charge is -2.13. The van der Waals surface area contributed by atoms with Crippen LogP contribution in [0.3, 0.4) is 0 Å². The highest BCUT2D eigenvalue weighted by Crippen LogP contribution is 2.40. The Bertz CT molecular complexity index is 1050. The Kier molecular flexibility index (Phi) is 3.06. The van der Waals surface area contributed by atoms with Gasteiger partial charge in [-0.2, -0.15) is 0 Å². The summed E-state index contributed by atoms with van der Waals surface area (Å²) in [5, 5.41) is 5.69. The van der Waals surface area contributed by atoms with E-state index in [1.807, 2.05) is 18.2 Å².